The molecule has 3 rings (SSSR count). The van der Waals surface area contributed by atoms with E-state index < -0.39 is 24.1 Å². The molecule has 0 aromatic heterocycles. The Morgan fingerprint density at radius 2 is 1.88 bits per heavy atom. The summed E-state index contributed by atoms with van der Waals surface area (Å²) in [7, 11) is 3.06. The van der Waals surface area contributed by atoms with Gasteiger partial charge in [-0.1, -0.05) is 51.4 Å². The minimum Gasteiger partial charge on any atom is -0.493 e. The lowest BCUT2D eigenvalue weighted by molar-refractivity contribution is -0.162. The molecule has 2 aromatic rings. The minimum atomic E-state index is -1.60. The van der Waals surface area contributed by atoms with Gasteiger partial charge in [-0.25, -0.2) is 0 Å². The van der Waals surface area contributed by atoms with E-state index in [9.17, 15) is 14.7 Å². The molecule has 2 aromatic carbocycles. The third-order valence-corrected chi connectivity index (χ3v) is 6.13. The summed E-state index contributed by atoms with van der Waals surface area (Å²) in [6.45, 7) is 8.20. The number of aliphatic carboxylic acids is 1. The molecule has 0 spiro atoms. The highest BCUT2D eigenvalue weighted by Gasteiger charge is 2.50. The average molecular weight is 490 g/mol. The van der Waals surface area contributed by atoms with Gasteiger partial charge in [0, 0.05) is 28.4 Å². The van der Waals surface area contributed by atoms with Crippen molar-refractivity contribution in [2.45, 2.75) is 52.2 Å². The van der Waals surface area contributed by atoms with E-state index in [0.717, 1.165) is 0 Å². The molecule has 0 saturated carbocycles. The topological polar surface area (TPSA) is 85.3 Å². The third-order valence-electron chi connectivity index (χ3n) is 5.90. The fourth-order valence-electron chi connectivity index (χ4n) is 4.38. The van der Waals surface area contributed by atoms with E-state index in [1.54, 1.807) is 42.2 Å². The first kappa shape index (κ1) is 25.8. The summed E-state index contributed by atoms with van der Waals surface area (Å²) in [5.74, 6) is -0.570. The number of methoxy groups -OCH3 is 2. The Morgan fingerprint density at radius 1 is 1.18 bits per heavy atom. The lowest BCUT2D eigenvalue weighted by atomic mass is 9.91. The average Bonchev–Trinajstić information content (AvgIpc) is 2.86. The molecule has 1 aliphatic heterocycles. The highest BCUT2D eigenvalue weighted by atomic mass is 35.5. The van der Waals surface area contributed by atoms with Gasteiger partial charge in [-0.3, -0.25) is 9.59 Å². The van der Waals surface area contributed by atoms with Gasteiger partial charge in [0.25, 0.3) is 5.91 Å². The van der Waals surface area contributed by atoms with Crippen LogP contribution >= 0.6 is 11.6 Å². The maximum absolute atomic E-state index is 14.1. The van der Waals surface area contributed by atoms with Crippen molar-refractivity contribution in [3.05, 3.63) is 52.5 Å². The quantitative estimate of drug-likeness (QED) is 0.554. The van der Waals surface area contributed by atoms with E-state index in [4.69, 9.17) is 25.8 Å². The number of ether oxygens (including phenoxy) is 3. The number of carbonyl (C=O) groups excluding carboxylic acids is 1. The summed E-state index contributed by atoms with van der Waals surface area (Å²) in [5.41, 5.74) is 0.0284. The van der Waals surface area contributed by atoms with Crippen molar-refractivity contribution in [2.75, 3.05) is 25.7 Å². The summed E-state index contributed by atoms with van der Waals surface area (Å²) in [4.78, 5) is 27.7. The number of carboxylic acids is 1. The second-order valence-corrected chi connectivity index (χ2v) is 10.1. The zero-order valence-corrected chi connectivity index (χ0v) is 21.2. The number of hydrogen-bond acceptors (Lipinski definition) is 5. The van der Waals surface area contributed by atoms with Crippen LogP contribution in [0.3, 0.4) is 0 Å². The van der Waals surface area contributed by atoms with Crippen LogP contribution in [0.1, 0.15) is 57.8 Å². The molecule has 0 aliphatic carbocycles. The van der Waals surface area contributed by atoms with Crippen molar-refractivity contribution >= 4 is 29.2 Å². The largest absolute Gasteiger partial charge is 0.493 e. The molecule has 1 N–H and O–H groups in total. The smallest absolute Gasteiger partial charge is 0.306 e. The number of hydrogen-bond donors (Lipinski definition) is 1. The van der Waals surface area contributed by atoms with Crippen LogP contribution in [-0.4, -0.2) is 43.3 Å². The normalized spacial score (nSPS) is 20.5. The molecule has 0 radical (unpaired) electrons. The van der Waals surface area contributed by atoms with Crippen LogP contribution in [0.4, 0.5) is 5.69 Å². The molecule has 2 unspecified atom stereocenters. The molecule has 1 amide bonds. The van der Waals surface area contributed by atoms with Gasteiger partial charge in [0.1, 0.15) is 6.10 Å². The Hall–Kier alpha value is -2.77. The van der Waals surface area contributed by atoms with Crippen molar-refractivity contribution < 1.29 is 28.9 Å². The van der Waals surface area contributed by atoms with Crippen molar-refractivity contribution in [1.82, 2.24) is 0 Å². The Kier molecular flexibility index (Phi) is 7.48. The number of halogens is 1. The lowest BCUT2D eigenvalue weighted by Gasteiger charge is -2.36. The van der Waals surface area contributed by atoms with Gasteiger partial charge in [0.05, 0.1) is 20.6 Å². The Morgan fingerprint density at radius 3 is 2.44 bits per heavy atom. The van der Waals surface area contributed by atoms with E-state index in [1.807, 2.05) is 26.8 Å². The number of amides is 1. The van der Waals surface area contributed by atoms with Crippen molar-refractivity contribution in [3.63, 3.8) is 0 Å². The molecule has 7 nitrogen and oxygen atoms in total. The molecule has 1 aliphatic rings. The van der Waals surface area contributed by atoms with Crippen LogP contribution in [-0.2, 0) is 14.3 Å². The molecule has 1 heterocycles. The van der Waals surface area contributed by atoms with E-state index >= 15 is 0 Å². The first-order valence-corrected chi connectivity index (χ1v) is 11.6. The first-order chi connectivity index (χ1) is 16.0. The van der Waals surface area contributed by atoms with Gasteiger partial charge in [-0.2, -0.15) is 0 Å². The highest BCUT2D eigenvalue weighted by molar-refractivity contribution is 6.30. The molecule has 0 fully saturated rings. The lowest BCUT2D eigenvalue weighted by Crippen LogP contribution is -2.52. The van der Waals surface area contributed by atoms with E-state index in [0.29, 0.717) is 39.9 Å². The standard InChI is InChI=1S/C26H32ClNO6/c1-7-26(14-21(29)30)24(31)28(15-25(2,3)4)19-12-11-16(27)13-18(19)22(34-26)17-9-8-10-20(32-5)23(17)33-6/h8-13,22H,7,14-15H2,1-6H3,(H,29,30). The van der Waals surface area contributed by atoms with Crippen LogP contribution in [0.2, 0.25) is 5.02 Å². The zero-order chi connectivity index (χ0) is 25.3. The molecule has 8 heteroatoms. The molecule has 2 atom stereocenters. The van der Waals surface area contributed by atoms with Crippen molar-refractivity contribution in [2.24, 2.45) is 5.41 Å². The predicted octanol–water partition coefficient (Wildman–Crippen LogP) is 5.48. The van der Waals surface area contributed by atoms with E-state index in [2.05, 4.69) is 0 Å². The number of fused-ring (bicyclic) bond motifs is 1. The monoisotopic (exact) mass is 489 g/mol. The third kappa shape index (κ3) is 5.00. The van der Waals surface area contributed by atoms with Gasteiger partial charge >= 0.3 is 5.97 Å². The predicted molar refractivity (Wildman–Crippen MR) is 131 cm³/mol. The SMILES string of the molecule is CCC1(CC(=O)O)OC(c2cccc(OC)c2OC)c2cc(Cl)ccc2N(CC(C)(C)C)C1=O. The summed E-state index contributed by atoms with van der Waals surface area (Å²) in [6, 6.07) is 10.7. The van der Waals surface area contributed by atoms with Crippen LogP contribution < -0.4 is 14.4 Å². The number of carbonyl (C=O) groups is 2. The fraction of sp³-hybridized carbons (Fsp3) is 0.462. The summed E-state index contributed by atoms with van der Waals surface area (Å²) >= 11 is 6.41. The maximum atomic E-state index is 14.1. The van der Waals surface area contributed by atoms with Gasteiger partial charge in [-0.05, 0) is 36.1 Å². The Labute approximate surface area is 205 Å². The molecule has 34 heavy (non-hydrogen) atoms. The number of para-hydroxylation sites is 1. The Balaban J connectivity index is 2.37. The van der Waals surface area contributed by atoms with Crippen molar-refractivity contribution in [1.29, 1.82) is 0 Å². The van der Waals surface area contributed by atoms with Gasteiger partial charge in [0.15, 0.2) is 17.1 Å². The minimum absolute atomic E-state index is 0.170. The van der Waals surface area contributed by atoms with Crippen LogP contribution in [0.5, 0.6) is 11.5 Å². The second kappa shape index (κ2) is 9.84. The molecule has 184 valence electrons. The number of nitrogens with zero attached hydrogens (tertiary/aromatic N) is 1. The maximum Gasteiger partial charge on any atom is 0.306 e. The van der Waals surface area contributed by atoms with E-state index in [1.165, 1.54) is 14.2 Å². The number of rotatable bonds is 7. The zero-order valence-electron chi connectivity index (χ0n) is 20.5. The molecular formula is C26H32ClNO6. The fourth-order valence-corrected chi connectivity index (χ4v) is 4.56. The summed E-state index contributed by atoms with van der Waals surface area (Å²) < 4.78 is 17.7. The van der Waals surface area contributed by atoms with E-state index in [-0.39, 0.29) is 17.7 Å². The molecule has 0 saturated heterocycles. The second-order valence-electron chi connectivity index (χ2n) is 9.65. The van der Waals surface area contributed by atoms with Crippen molar-refractivity contribution in [3.8, 4) is 11.5 Å². The Bertz CT molecular complexity index is 1080. The summed E-state index contributed by atoms with van der Waals surface area (Å²) in [5, 5.41) is 10.2. The number of anilines is 1. The van der Waals surface area contributed by atoms with Crippen LogP contribution in [0.25, 0.3) is 0 Å². The number of carboxylic acid groups (broad SMARTS) is 1. The van der Waals surface area contributed by atoms with Gasteiger partial charge in [-0.15, -0.1) is 0 Å². The van der Waals surface area contributed by atoms with Crippen LogP contribution in [0, 0.1) is 5.41 Å². The van der Waals surface area contributed by atoms with Gasteiger partial charge < -0.3 is 24.2 Å². The van der Waals surface area contributed by atoms with Gasteiger partial charge in [0.2, 0.25) is 0 Å². The molecular weight excluding hydrogens is 458 g/mol. The highest BCUT2D eigenvalue weighted by Crippen LogP contribution is 2.48. The first-order valence-electron chi connectivity index (χ1n) is 11.2. The molecule has 0 bridgehead atoms. The number of benzene rings is 2. The van der Waals surface area contributed by atoms with Crippen LogP contribution in [0.15, 0.2) is 36.4 Å². The summed E-state index contributed by atoms with van der Waals surface area (Å²) in [6.07, 6.45) is -1.14.